The minimum atomic E-state index is 0.135. The molecule has 0 radical (unpaired) electrons. The number of thiophene rings is 1. The number of thioether (sulfide) groups is 1. The largest absolute Gasteiger partial charge is 0.292 e. The van der Waals surface area contributed by atoms with Gasteiger partial charge in [-0.05, 0) is 25.1 Å². The Labute approximate surface area is 102 Å². The lowest BCUT2D eigenvalue weighted by Gasteiger charge is -1.97. The lowest BCUT2D eigenvalue weighted by molar-refractivity contribution is 0.102. The van der Waals surface area contributed by atoms with Gasteiger partial charge in [-0.1, -0.05) is 11.8 Å². The maximum atomic E-state index is 11.8. The molecule has 2 aromatic rings. The summed E-state index contributed by atoms with van der Waals surface area (Å²) in [6, 6.07) is 5.59. The van der Waals surface area contributed by atoms with Crippen LogP contribution in [0.15, 0.2) is 35.7 Å². The third-order valence-electron chi connectivity index (χ3n) is 1.89. The fourth-order valence-electron chi connectivity index (χ4n) is 1.15. The molecule has 0 bridgehead atoms. The third-order valence-corrected chi connectivity index (χ3v) is 3.81. The van der Waals surface area contributed by atoms with E-state index in [2.05, 4.69) is 9.97 Å². The van der Waals surface area contributed by atoms with Gasteiger partial charge in [0.25, 0.3) is 0 Å². The molecule has 0 unspecified atom stereocenters. The molecular formula is C11H10N2OS2. The van der Waals surface area contributed by atoms with Gasteiger partial charge in [0.2, 0.25) is 0 Å². The first kappa shape index (κ1) is 11.3. The summed E-state index contributed by atoms with van der Waals surface area (Å²) >= 11 is 2.89. The van der Waals surface area contributed by atoms with E-state index >= 15 is 0 Å². The van der Waals surface area contributed by atoms with E-state index in [0.29, 0.717) is 10.9 Å². The lowest BCUT2D eigenvalue weighted by atomic mass is 10.3. The Morgan fingerprint density at radius 1 is 1.38 bits per heavy atom. The summed E-state index contributed by atoms with van der Waals surface area (Å²) in [5, 5.41) is 0.643. The van der Waals surface area contributed by atoms with Crippen LogP contribution < -0.4 is 0 Å². The molecule has 2 rings (SSSR count). The van der Waals surface area contributed by atoms with Crippen molar-refractivity contribution in [3.8, 4) is 0 Å². The van der Waals surface area contributed by atoms with Gasteiger partial charge < -0.3 is 0 Å². The molecular weight excluding hydrogens is 240 g/mol. The van der Waals surface area contributed by atoms with Gasteiger partial charge in [0, 0.05) is 17.3 Å². The number of nitrogens with zero attached hydrogens (tertiary/aromatic N) is 2. The van der Waals surface area contributed by atoms with Gasteiger partial charge in [-0.3, -0.25) is 4.79 Å². The molecule has 0 saturated carbocycles. The molecule has 0 saturated heterocycles. The van der Waals surface area contributed by atoms with Crippen LogP contribution in [0.1, 0.15) is 14.5 Å². The molecule has 0 aliphatic heterocycles. The normalized spacial score (nSPS) is 10.3. The lowest BCUT2D eigenvalue weighted by Crippen LogP contribution is -2.00. The highest BCUT2D eigenvalue weighted by molar-refractivity contribution is 7.99. The summed E-state index contributed by atoms with van der Waals surface area (Å²) < 4.78 is 0. The zero-order chi connectivity index (χ0) is 11.4. The molecule has 16 heavy (non-hydrogen) atoms. The molecule has 3 nitrogen and oxygen atoms in total. The number of rotatable bonds is 4. The van der Waals surface area contributed by atoms with Gasteiger partial charge in [0.15, 0.2) is 10.9 Å². The first-order valence-electron chi connectivity index (χ1n) is 4.75. The quantitative estimate of drug-likeness (QED) is 0.475. The van der Waals surface area contributed by atoms with Crippen LogP contribution in [0, 0.1) is 6.92 Å². The van der Waals surface area contributed by atoms with Crippen LogP contribution in [0.4, 0.5) is 0 Å². The summed E-state index contributed by atoms with van der Waals surface area (Å²) in [5.41, 5.74) is 0. The van der Waals surface area contributed by atoms with Crippen LogP contribution in [0.2, 0.25) is 0 Å². The average molecular weight is 250 g/mol. The highest BCUT2D eigenvalue weighted by Crippen LogP contribution is 2.19. The van der Waals surface area contributed by atoms with Gasteiger partial charge >= 0.3 is 0 Å². The summed E-state index contributed by atoms with van der Waals surface area (Å²) in [4.78, 5) is 21.8. The molecule has 0 aliphatic carbocycles. The molecule has 0 fully saturated rings. The Hall–Kier alpha value is -1.20. The van der Waals surface area contributed by atoms with Crippen molar-refractivity contribution in [3.63, 3.8) is 0 Å². The van der Waals surface area contributed by atoms with E-state index < -0.39 is 0 Å². The van der Waals surface area contributed by atoms with E-state index in [1.165, 1.54) is 23.1 Å². The van der Waals surface area contributed by atoms with Crippen LogP contribution in [0.25, 0.3) is 0 Å². The van der Waals surface area contributed by atoms with Crippen LogP contribution in [0.5, 0.6) is 0 Å². The maximum absolute atomic E-state index is 11.8. The van der Waals surface area contributed by atoms with E-state index in [0.717, 1.165) is 9.75 Å². The number of hydrogen-bond donors (Lipinski definition) is 0. The highest BCUT2D eigenvalue weighted by atomic mass is 32.2. The maximum Gasteiger partial charge on any atom is 0.187 e. The number of aryl methyl sites for hydroxylation is 1. The highest BCUT2D eigenvalue weighted by Gasteiger charge is 2.09. The van der Waals surface area contributed by atoms with Gasteiger partial charge in [-0.2, -0.15) is 0 Å². The molecule has 5 heteroatoms. The van der Waals surface area contributed by atoms with E-state index in [-0.39, 0.29) is 5.78 Å². The monoisotopic (exact) mass is 250 g/mol. The van der Waals surface area contributed by atoms with Crippen molar-refractivity contribution in [1.82, 2.24) is 9.97 Å². The number of hydrogen-bond acceptors (Lipinski definition) is 5. The Bertz CT molecular complexity index is 482. The average Bonchev–Trinajstić information content (AvgIpc) is 2.74. The van der Waals surface area contributed by atoms with Crippen LogP contribution >= 0.6 is 23.1 Å². The van der Waals surface area contributed by atoms with Crippen molar-refractivity contribution in [2.24, 2.45) is 0 Å². The second-order valence-corrected chi connectivity index (χ2v) is 5.38. The van der Waals surface area contributed by atoms with Crippen LogP contribution in [-0.2, 0) is 0 Å². The predicted molar refractivity (Wildman–Crippen MR) is 66.1 cm³/mol. The van der Waals surface area contributed by atoms with E-state index in [1.54, 1.807) is 18.5 Å². The standard InChI is InChI=1S/C11H10N2OS2/c1-8-3-4-10(16-8)9(14)7-15-11-12-5-2-6-13-11/h2-6H,7H2,1H3. The van der Waals surface area contributed by atoms with E-state index in [9.17, 15) is 4.79 Å². The number of carbonyl (C=O) groups excluding carboxylic acids is 1. The van der Waals surface area contributed by atoms with Crippen molar-refractivity contribution in [3.05, 3.63) is 40.3 Å². The number of Topliss-reactive ketones (excluding diaryl/α,β-unsaturated/α-hetero) is 1. The second-order valence-electron chi connectivity index (χ2n) is 3.15. The van der Waals surface area contributed by atoms with Gasteiger partial charge in [0.05, 0.1) is 10.6 Å². The first-order valence-corrected chi connectivity index (χ1v) is 6.55. The number of carbonyl (C=O) groups is 1. The van der Waals surface area contributed by atoms with E-state index in [4.69, 9.17) is 0 Å². The molecule has 2 aromatic heterocycles. The van der Waals surface area contributed by atoms with E-state index in [1.807, 2.05) is 19.1 Å². The summed E-state index contributed by atoms with van der Waals surface area (Å²) in [7, 11) is 0. The summed E-state index contributed by atoms with van der Waals surface area (Å²) in [5.74, 6) is 0.528. The minimum Gasteiger partial charge on any atom is -0.292 e. The molecule has 0 spiro atoms. The SMILES string of the molecule is Cc1ccc(C(=O)CSc2ncccn2)s1. The molecule has 82 valence electrons. The van der Waals surface area contributed by atoms with Crippen molar-refractivity contribution in [1.29, 1.82) is 0 Å². The number of ketones is 1. The van der Waals surface area contributed by atoms with Crippen molar-refractivity contribution < 1.29 is 4.79 Å². The third kappa shape index (κ3) is 2.90. The van der Waals surface area contributed by atoms with Crippen molar-refractivity contribution in [2.45, 2.75) is 12.1 Å². The fraction of sp³-hybridized carbons (Fsp3) is 0.182. The summed E-state index contributed by atoms with van der Waals surface area (Å²) in [6.07, 6.45) is 3.35. The molecule has 0 aromatic carbocycles. The topological polar surface area (TPSA) is 42.9 Å². The molecule has 0 amide bonds. The molecule has 0 atom stereocenters. The zero-order valence-electron chi connectivity index (χ0n) is 8.71. The molecule has 2 heterocycles. The van der Waals surface area contributed by atoms with Gasteiger partial charge in [0.1, 0.15) is 0 Å². The molecule has 0 N–H and O–H groups in total. The second kappa shape index (κ2) is 5.23. The number of aromatic nitrogens is 2. The van der Waals surface area contributed by atoms with Crippen molar-refractivity contribution in [2.75, 3.05) is 5.75 Å². The molecule has 0 aliphatic rings. The zero-order valence-corrected chi connectivity index (χ0v) is 10.3. The smallest absolute Gasteiger partial charge is 0.187 e. The Morgan fingerprint density at radius 2 is 2.12 bits per heavy atom. The fourth-order valence-corrected chi connectivity index (χ4v) is 2.73. The Morgan fingerprint density at radius 3 is 2.75 bits per heavy atom. The summed E-state index contributed by atoms with van der Waals surface area (Å²) in [6.45, 7) is 1.99. The Balaban J connectivity index is 1.94. The first-order chi connectivity index (χ1) is 7.75. The minimum absolute atomic E-state index is 0.135. The van der Waals surface area contributed by atoms with Gasteiger partial charge in [-0.15, -0.1) is 11.3 Å². The van der Waals surface area contributed by atoms with Crippen molar-refractivity contribution >= 4 is 28.9 Å². The van der Waals surface area contributed by atoms with Gasteiger partial charge in [-0.25, -0.2) is 9.97 Å². The Kier molecular flexibility index (Phi) is 3.69. The van der Waals surface area contributed by atoms with Crippen LogP contribution in [-0.4, -0.2) is 21.5 Å². The predicted octanol–water partition coefficient (Wildman–Crippen LogP) is 2.82. The van der Waals surface area contributed by atoms with Crippen LogP contribution in [0.3, 0.4) is 0 Å².